The maximum Gasteiger partial charge on any atom is 0.194 e. The number of carbonyl (C=O) groups is 1. The van der Waals surface area contributed by atoms with Gasteiger partial charge in [0.25, 0.3) is 0 Å². The third-order valence-electron chi connectivity index (χ3n) is 4.29. The molecule has 2 N–H and O–H groups in total. The van der Waals surface area contributed by atoms with Crippen molar-refractivity contribution in [1.29, 1.82) is 0 Å². The van der Waals surface area contributed by atoms with Gasteiger partial charge in [-0.15, -0.1) is 0 Å². The summed E-state index contributed by atoms with van der Waals surface area (Å²) in [5.41, 5.74) is 2.59. The lowest BCUT2D eigenvalue weighted by atomic mass is 10.0. The number of H-pyrrole nitrogens is 1. The molecule has 0 aliphatic carbocycles. The molecule has 2 unspecified atom stereocenters. The zero-order valence-corrected chi connectivity index (χ0v) is 16.1. The van der Waals surface area contributed by atoms with Crippen LogP contribution in [0.2, 0.25) is 0 Å². The number of imidazole rings is 1. The first kappa shape index (κ1) is 19.6. The molecule has 0 bridgehead atoms. The zero-order chi connectivity index (χ0) is 19.1. The van der Waals surface area contributed by atoms with E-state index >= 15 is 0 Å². The topological polar surface area (TPSA) is 75.2 Å². The first-order chi connectivity index (χ1) is 13.2. The number of hydrogen-bond donors (Lipinski definition) is 2. The minimum absolute atomic E-state index is 0.284. The van der Waals surface area contributed by atoms with E-state index in [-0.39, 0.29) is 5.78 Å². The molecule has 0 spiro atoms. The van der Waals surface area contributed by atoms with E-state index in [0.717, 1.165) is 28.4 Å². The van der Waals surface area contributed by atoms with Gasteiger partial charge in [0.15, 0.2) is 10.9 Å². The second-order valence-electron chi connectivity index (χ2n) is 6.24. The van der Waals surface area contributed by atoms with Gasteiger partial charge in [0.1, 0.15) is 12.2 Å². The first-order valence-electron chi connectivity index (χ1n) is 9.15. The summed E-state index contributed by atoms with van der Waals surface area (Å²) in [7, 11) is 0. The van der Waals surface area contributed by atoms with Crippen LogP contribution in [0.15, 0.2) is 59.8 Å². The summed E-state index contributed by atoms with van der Waals surface area (Å²) in [5.74, 6) is 0.555. The number of aliphatic hydroxyl groups excluding tert-OH is 1. The number of carbonyl (C=O) groups excluding carboxylic acids is 1. The summed E-state index contributed by atoms with van der Waals surface area (Å²) < 4.78 is 5.74. The molecule has 5 nitrogen and oxygen atoms in total. The molecule has 0 aliphatic rings. The maximum absolute atomic E-state index is 12.5. The number of ketones is 1. The summed E-state index contributed by atoms with van der Waals surface area (Å²) >= 11 is 1.64. The van der Waals surface area contributed by atoms with Gasteiger partial charge in [-0.2, -0.15) is 0 Å². The smallest absolute Gasteiger partial charge is 0.194 e. The van der Waals surface area contributed by atoms with Crippen molar-refractivity contribution in [3.05, 3.63) is 60.2 Å². The molecular weight excluding hydrogens is 360 g/mol. The number of benzene rings is 2. The third kappa shape index (κ3) is 5.19. The predicted octanol–water partition coefficient (Wildman–Crippen LogP) is 4.14. The van der Waals surface area contributed by atoms with Crippen molar-refractivity contribution in [3.63, 3.8) is 0 Å². The van der Waals surface area contributed by atoms with Crippen molar-refractivity contribution in [2.45, 2.75) is 37.1 Å². The predicted molar refractivity (Wildman–Crippen MR) is 108 cm³/mol. The van der Waals surface area contributed by atoms with E-state index in [1.807, 2.05) is 49.4 Å². The van der Waals surface area contributed by atoms with Crippen LogP contribution in [0.5, 0.6) is 0 Å². The highest BCUT2D eigenvalue weighted by molar-refractivity contribution is 7.99. The van der Waals surface area contributed by atoms with Gasteiger partial charge < -0.3 is 14.8 Å². The highest BCUT2D eigenvalue weighted by Crippen LogP contribution is 2.21. The van der Waals surface area contributed by atoms with Crippen molar-refractivity contribution in [1.82, 2.24) is 9.97 Å². The fraction of sp³-hybridized carbons (Fsp3) is 0.333. The number of Topliss-reactive ketones (excluding diaryl/α,β-unsaturated/α-hetero) is 1. The van der Waals surface area contributed by atoms with Gasteiger partial charge in [-0.25, -0.2) is 4.98 Å². The Hall–Kier alpha value is -2.15. The van der Waals surface area contributed by atoms with Crippen LogP contribution in [0.1, 0.15) is 31.4 Å². The Morgan fingerprint density at radius 1 is 1.19 bits per heavy atom. The standard InChI is InChI=1S/C21H24N2O3S/c1-2-18(20(25)19(24)15-9-4-3-5-10-15)26-13-8-14-27-21-22-16-11-6-7-12-17(16)23-21/h3-7,9-12,18-19,24H,2,8,13-14H2,1H3,(H,22,23). The van der Waals surface area contributed by atoms with Gasteiger partial charge in [0, 0.05) is 12.4 Å². The number of rotatable bonds is 10. The lowest BCUT2D eigenvalue weighted by Crippen LogP contribution is -2.29. The second-order valence-corrected chi connectivity index (χ2v) is 7.33. The van der Waals surface area contributed by atoms with E-state index in [9.17, 15) is 9.90 Å². The highest BCUT2D eigenvalue weighted by Gasteiger charge is 2.25. The number of aliphatic hydroxyl groups is 1. The number of nitrogens with one attached hydrogen (secondary N) is 1. The Morgan fingerprint density at radius 3 is 2.67 bits per heavy atom. The Morgan fingerprint density at radius 2 is 1.93 bits per heavy atom. The van der Waals surface area contributed by atoms with Gasteiger partial charge in [-0.1, -0.05) is 61.2 Å². The fourth-order valence-corrected chi connectivity index (χ4v) is 3.63. The van der Waals surface area contributed by atoms with Crippen LogP contribution in [-0.4, -0.2) is 39.3 Å². The van der Waals surface area contributed by atoms with Crippen molar-refractivity contribution in [2.75, 3.05) is 12.4 Å². The first-order valence-corrected chi connectivity index (χ1v) is 10.1. The molecule has 1 heterocycles. The van der Waals surface area contributed by atoms with Gasteiger partial charge >= 0.3 is 0 Å². The van der Waals surface area contributed by atoms with Crippen LogP contribution < -0.4 is 0 Å². The molecule has 1 aromatic heterocycles. The van der Waals surface area contributed by atoms with Crippen molar-refractivity contribution >= 4 is 28.6 Å². The minimum Gasteiger partial charge on any atom is -0.380 e. The molecule has 0 radical (unpaired) electrons. The number of fused-ring (bicyclic) bond motifs is 1. The number of nitrogens with zero attached hydrogens (tertiary/aromatic N) is 1. The normalized spacial score (nSPS) is 13.6. The quantitative estimate of drug-likeness (QED) is 0.406. The Bertz CT molecular complexity index is 833. The Labute approximate surface area is 163 Å². The molecule has 2 atom stereocenters. The summed E-state index contributed by atoms with van der Waals surface area (Å²) in [6.07, 6.45) is -0.385. The van der Waals surface area contributed by atoms with E-state index in [1.54, 1.807) is 23.9 Å². The van der Waals surface area contributed by atoms with Gasteiger partial charge in [-0.05, 0) is 30.5 Å². The lowest BCUT2D eigenvalue weighted by molar-refractivity contribution is -0.139. The van der Waals surface area contributed by atoms with Crippen molar-refractivity contribution in [3.8, 4) is 0 Å². The molecular formula is C21H24N2O3S. The van der Waals surface area contributed by atoms with Crippen molar-refractivity contribution < 1.29 is 14.6 Å². The van der Waals surface area contributed by atoms with Gasteiger partial charge in [-0.3, -0.25) is 4.79 Å². The van der Waals surface area contributed by atoms with Gasteiger partial charge in [0.2, 0.25) is 0 Å². The molecule has 0 saturated carbocycles. The molecule has 3 aromatic rings. The Balaban J connectivity index is 1.43. The van der Waals surface area contributed by atoms with Crippen LogP contribution in [0, 0.1) is 0 Å². The van der Waals surface area contributed by atoms with Gasteiger partial charge in [0.05, 0.1) is 11.0 Å². The Kier molecular flexibility index (Phi) is 7.04. The molecule has 6 heteroatoms. The van der Waals surface area contributed by atoms with Crippen LogP contribution >= 0.6 is 11.8 Å². The van der Waals surface area contributed by atoms with Crippen LogP contribution in [-0.2, 0) is 9.53 Å². The van der Waals surface area contributed by atoms with E-state index < -0.39 is 12.2 Å². The summed E-state index contributed by atoms with van der Waals surface area (Å²) in [4.78, 5) is 20.3. The molecule has 2 aromatic carbocycles. The van der Waals surface area contributed by atoms with E-state index in [0.29, 0.717) is 18.6 Å². The number of aromatic amines is 1. The fourth-order valence-electron chi connectivity index (χ4n) is 2.83. The monoisotopic (exact) mass is 384 g/mol. The molecule has 0 fully saturated rings. The largest absolute Gasteiger partial charge is 0.380 e. The van der Waals surface area contributed by atoms with Crippen LogP contribution in [0.25, 0.3) is 11.0 Å². The molecule has 0 amide bonds. The SMILES string of the molecule is CCC(OCCCSc1nc2ccccc2[nH]1)C(=O)C(O)c1ccccc1. The van der Waals surface area contributed by atoms with E-state index in [4.69, 9.17) is 4.74 Å². The second kappa shape index (κ2) is 9.69. The summed E-state index contributed by atoms with van der Waals surface area (Å²) in [6, 6.07) is 16.9. The third-order valence-corrected chi connectivity index (χ3v) is 5.25. The maximum atomic E-state index is 12.5. The lowest BCUT2D eigenvalue weighted by Gasteiger charge is -2.18. The number of para-hydroxylation sites is 2. The summed E-state index contributed by atoms with van der Waals surface area (Å²) in [5, 5.41) is 11.2. The highest BCUT2D eigenvalue weighted by atomic mass is 32.2. The average Bonchev–Trinajstić information content (AvgIpc) is 3.13. The molecule has 3 rings (SSSR count). The van der Waals surface area contributed by atoms with Crippen LogP contribution in [0.3, 0.4) is 0 Å². The molecule has 142 valence electrons. The molecule has 0 saturated heterocycles. The van der Waals surface area contributed by atoms with E-state index in [2.05, 4.69) is 9.97 Å². The number of hydrogen-bond acceptors (Lipinski definition) is 5. The van der Waals surface area contributed by atoms with Crippen LogP contribution in [0.4, 0.5) is 0 Å². The number of thioether (sulfide) groups is 1. The van der Waals surface area contributed by atoms with E-state index in [1.165, 1.54) is 0 Å². The minimum atomic E-state index is -1.14. The number of ether oxygens (including phenoxy) is 1. The average molecular weight is 385 g/mol. The number of aromatic nitrogens is 2. The van der Waals surface area contributed by atoms with Crippen molar-refractivity contribution in [2.24, 2.45) is 0 Å². The molecule has 27 heavy (non-hydrogen) atoms. The zero-order valence-electron chi connectivity index (χ0n) is 15.3. The molecule has 0 aliphatic heterocycles. The summed E-state index contributed by atoms with van der Waals surface area (Å²) in [6.45, 7) is 2.36.